The van der Waals surface area contributed by atoms with Crippen molar-refractivity contribution in [1.82, 2.24) is 0 Å². The molecule has 0 unspecified atom stereocenters. The summed E-state index contributed by atoms with van der Waals surface area (Å²) in [6.07, 6.45) is -11.2. The smallest absolute Gasteiger partial charge is 0.380 e. The third kappa shape index (κ3) is 12.9. The van der Waals surface area contributed by atoms with Crippen LogP contribution in [0.1, 0.15) is 0 Å². The number of ether oxygens (including phenoxy) is 1. The quantitative estimate of drug-likeness (QED) is 0.254. The fourth-order valence-corrected chi connectivity index (χ4v) is 0.200. The first-order valence-electron chi connectivity index (χ1n) is 3.23. The number of hydrogen-bond acceptors (Lipinski definition) is 4. The Morgan fingerprint density at radius 3 is 1.11 bits per heavy atom. The van der Waals surface area contributed by atoms with Gasteiger partial charge in [-0.05, 0) is 0 Å². The molecular weight excluding hydrogens is 305 g/mol. The molecule has 0 heterocycles. The maximum atomic E-state index is 11.2. The predicted molar refractivity (Wildman–Crippen MR) is 37.5 cm³/mol. The van der Waals surface area contributed by atoms with E-state index in [2.05, 4.69) is 4.74 Å². The summed E-state index contributed by atoms with van der Waals surface area (Å²) in [5, 5.41) is 0. The highest BCUT2D eigenvalue weighted by Crippen LogP contribution is 2.25. The lowest BCUT2D eigenvalue weighted by atomic mass is 10.6. The molecule has 14 heteroatoms. The lowest BCUT2D eigenvalue weighted by Crippen LogP contribution is -2.34. The maximum Gasteiger partial charge on any atom is 0.491 e. The van der Waals surface area contributed by atoms with Crippen LogP contribution in [-0.2, 0) is 18.9 Å². The highest BCUT2D eigenvalue weighted by molar-refractivity contribution is 7.45. The number of hydrogen-bond donors (Lipinski definition) is 3. The zero-order chi connectivity index (χ0) is 15.4. The van der Waals surface area contributed by atoms with E-state index in [9.17, 15) is 35.9 Å². The Morgan fingerprint density at radius 1 is 0.833 bits per heavy atom. The zero-order valence-electron chi connectivity index (χ0n) is 7.69. The Labute approximate surface area is 93.2 Å². The Balaban J connectivity index is 0. The number of rotatable bonds is 0. The van der Waals surface area contributed by atoms with Gasteiger partial charge in [-0.25, -0.2) is 14.2 Å². The molecule has 0 aliphatic carbocycles. The zero-order valence-corrected chi connectivity index (χ0v) is 8.58. The van der Waals surface area contributed by atoms with Crippen molar-refractivity contribution in [3.8, 4) is 0 Å². The maximum absolute atomic E-state index is 11.2. The van der Waals surface area contributed by atoms with Gasteiger partial charge in [-0.15, -0.1) is 0 Å². The van der Waals surface area contributed by atoms with Gasteiger partial charge in [0.1, 0.15) is 0 Å². The molecule has 0 rings (SSSR count). The average Bonchev–Trinajstić information content (AvgIpc) is 1.96. The molecule has 7 nitrogen and oxygen atoms in total. The third-order valence-electron chi connectivity index (χ3n) is 0.648. The van der Waals surface area contributed by atoms with Crippen LogP contribution in [0.2, 0.25) is 0 Å². The van der Waals surface area contributed by atoms with Crippen LogP contribution >= 0.6 is 7.82 Å². The topological polar surface area (TPSA) is 121 Å². The molecule has 0 bridgehead atoms. The highest BCUT2D eigenvalue weighted by atomic mass is 31.2. The van der Waals surface area contributed by atoms with E-state index >= 15 is 0 Å². The Morgan fingerprint density at radius 2 is 1.00 bits per heavy atom. The summed E-state index contributed by atoms with van der Waals surface area (Å²) in [7, 11) is -4.64. The van der Waals surface area contributed by atoms with Crippen LogP contribution in [0.15, 0.2) is 0 Å². The van der Waals surface area contributed by atoms with Gasteiger partial charge < -0.3 is 19.4 Å². The van der Waals surface area contributed by atoms with E-state index in [0.29, 0.717) is 0 Å². The number of alkyl halides is 6. The second-order valence-electron chi connectivity index (χ2n) is 2.19. The molecule has 0 atom stereocenters. The summed E-state index contributed by atoms with van der Waals surface area (Å²) in [6.45, 7) is 0. The lowest BCUT2D eigenvalue weighted by Gasteiger charge is -2.06. The van der Waals surface area contributed by atoms with Crippen molar-refractivity contribution in [1.29, 1.82) is 0 Å². The fraction of sp³-hybridized carbons (Fsp3) is 0.500. The normalized spacial score (nSPS) is 12.3. The van der Waals surface area contributed by atoms with Gasteiger partial charge in [-0.2, -0.15) is 26.3 Å². The first-order valence-corrected chi connectivity index (χ1v) is 4.80. The van der Waals surface area contributed by atoms with Gasteiger partial charge in [0.05, 0.1) is 0 Å². The van der Waals surface area contributed by atoms with Crippen molar-refractivity contribution >= 4 is 19.8 Å². The van der Waals surface area contributed by atoms with Crippen molar-refractivity contribution in [3.05, 3.63) is 0 Å². The molecule has 0 aliphatic rings. The van der Waals surface area contributed by atoms with Crippen molar-refractivity contribution in [3.63, 3.8) is 0 Å². The van der Waals surface area contributed by atoms with E-state index in [1.807, 2.05) is 0 Å². The Kier molecular flexibility index (Phi) is 6.53. The number of carbonyl (C=O) groups is 2. The SMILES string of the molecule is O=C(OC(=O)C(F)(F)F)C(F)(F)F.O=P(O)(O)O. The van der Waals surface area contributed by atoms with Gasteiger partial charge in [0, 0.05) is 0 Å². The highest BCUT2D eigenvalue weighted by Gasteiger charge is 2.49. The van der Waals surface area contributed by atoms with Crippen molar-refractivity contribution in [2.75, 3.05) is 0 Å². The second-order valence-corrected chi connectivity index (χ2v) is 3.21. The van der Waals surface area contributed by atoms with Crippen LogP contribution in [0.3, 0.4) is 0 Å². The van der Waals surface area contributed by atoms with Crippen molar-refractivity contribution in [2.45, 2.75) is 12.4 Å². The van der Waals surface area contributed by atoms with Crippen LogP contribution < -0.4 is 0 Å². The van der Waals surface area contributed by atoms with Crippen molar-refractivity contribution in [2.24, 2.45) is 0 Å². The number of esters is 2. The van der Waals surface area contributed by atoms with E-state index in [0.717, 1.165) is 0 Å². The molecule has 18 heavy (non-hydrogen) atoms. The number of carbonyl (C=O) groups excluding carboxylic acids is 2. The monoisotopic (exact) mass is 308 g/mol. The van der Waals surface area contributed by atoms with E-state index in [4.69, 9.17) is 19.2 Å². The van der Waals surface area contributed by atoms with Crippen LogP contribution in [0.25, 0.3) is 0 Å². The van der Waals surface area contributed by atoms with E-state index in [1.165, 1.54) is 0 Å². The minimum atomic E-state index is -5.62. The minimum Gasteiger partial charge on any atom is -0.380 e. The van der Waals surface area contributed by atoms with Crippen LogP contribution in [-0.4, -0.2) is 39.0 Å². The lowest BCUT2D eigenvalue weighted by molar-refractivity contribution is -0.221. The third-order valence-corrected chi connectivity index (χ3v) is 0.648. The van der Waals surface area contributed by atoms with Gasteiger partial charge in [0.2, 0.25) is 0 Å². The van der Waals surface area contributed by atoms with Gasteiger partial charge in [0.25, 0.3) is 0 Å². The number of halogens is 6. The molecule has 0 saturated carbocycles. The van der Waals surface area contributed by atoms with Crippen molar-refractivity contribution < 1.29 is 59.9 Å². The standard InChI is InChI=1S/C4F6O3.H3O4P/c5-3(6,7)1(11)13-2(12)4(8,9)10;1-5(2,3)4/h;(H3,1,2,3,4). The summed E-state index contributed by atoms with van der Waals surface area (Å²) in [5.41, 5.74) is 0. The molecule has 0 aromatic carbocycles. The molecule has 0 saturated heterocycles. The Hall–Kier alpha value is -1.17. The predicted octanol–water partition coefficient (Wildman–Crippen LogP) is 0.252. The summed E-state index contributed by atoms with van der Waals surface area (Å²) in [4.78, 5) is 40.9. The van der Waals surface area contributed by atoms with Gasteiger partial charge in [-0.1, -0.05) is 0 Å². The van der Waals surface area contributed by atoms with Crippen LogP contribution in [0.4, 0.5) is 26.3 Å². The molecule has 108 valence electrons. The summed E-state index contributed by atoms with van der Waals surface area (Å²) in [6, 6.07) is 0. The summed E-state index contributed by atoms with van der Waals surface area (Å²) < 4.78 is 78.6. The molecule has 0 fully saturated rings. The molecule has 0 amide bonds. The van der Waals surface area contributed by atoms with E-state index < -0.39 is 32.1 Å². The largest absolute Gasteiger partial charge is 0.491 e. The summed E-state index contributed by atoms with van der Waals surface area (Å²) in [5.74, 6) is -6.40. The molecule has 0 radical (unpaired) electrons. The summed E-state index contributed by atoms with van der Waals surface area (Å²) >= 11 is 0. The van der Waals surface area contributed by atoms with Gasteiger partial charge in [0.15, 0.2) is 0 Å². The average molecular weight is 308 g/mol. The molecule has 3 N–H and O–H groups in total. The van der Waals surface area contributed by atoms with E-state index in [1.54, 1.807) is 0 Å². The molecule has 0 spiro atoms. The molecule has 0 aromatic rings. The van der Waals surface area contributed by atoms with Crippen LogP contribution in [0, 0.1) is 0 Å². The van der Waals surface area contributed by atoms with Gasteiger partial charge in [-0.3, -0.25) is 0 Å². The van der Waals surface area contributed by atoms with Gasteiger partial charge >= 0.3 is 32.1 Å². The Bertz CT molecular complexity index is 320. The molecule has 0 aromatic heterocycles. The molecule has 0 aliphatic heterocycles. The first-order chi connectivity index (χ1) is 7.55. The minimum absolute atomic E-state index is 2.45. The number of phosphoric acid groups is 1. The fourth-order valence-electron chi connectivity index (χ4n) is 0.200. The first kappa shape index (κ1) is 19.2. The van der Waals surface area contributed by atoms with E-state index in [-0.39, 0.29) is 0 Å². The van der Waals surface area contributed by atoms with Crippen LogP contribution in [0.5, 0.6) is 0 Å². The second kappa shape index (κ2) is 6.13. The molecular formula is C4H3F6O7P.